The summed E-state index contributed by atoms with van der Waals surface area (Å²) in [6.07, 6.45) is 1.67. The van der Waals surface area contributed by atoms with E-state index in [9.17, 15) is 9.59 Å². The van der Waals surface area contributed by atoms with Gasteiger partial charge in [-0.15, -0.1) is 0 Å². The van der Waals surface area contributed by atoms with Crippen LogP contribution in [0.1, 0.15) is 26.4 Å². The van der Waals surface area contributed by atoms with Crippen LogP contribution in [0.25, 0.3) is 5.52 Å². The van der Waals surface area contributed by atoms with E-state index in [4.69, 9.17) is 23.1 Å². The van der Waals surface area contributed by atoms with Gasteiger partial charge >= 0.3 is 0 Å². The van der Waals surface area contributed by atoms with Crippen molar-refractivity contribution < 1.29 is 9.59 Å². The van der Waals surface area contributed by atoms with Gasteiger partial charge in [-0.3, -0.25) is 9.59 Å². The molecule has 0 aliphatic carbocycles. The summed E-state index contributed by atoms with van der Waals surface area (Å²) in [5, 5.41) is 0.530. The van der Waals surface area contributed by atoms with Crippen molar-refractivity contribution in [3.8, 4) is 0 Å². The number of rotatable bonds is 3. The van der Waals surface area contributed by atoms with Gasteiger partial charge in [-0.25, -0.2) is 0 Å². The largest absolute Gasteiger partial charge is 0.396 e. The van der Waals surface area contributed by atoms with Crippen molar-refractivity contribution >= 4 is 34.5 Å². The SMILES string of the molecule is NC(=O)c1c(N)c(C(=O)c2ccc(Cl)cc2)n2ccccc12. The molecular weight excluding hydrogens is 302 g/mol. The number of carbonyl (C=O) groups excluding carboxylic acids is 2. The summed E-state index contributed by atoms with van der Waals surface area (Å²) in [5.41, 5.74) is 12.8. The maximum Gasteiger partial charge on any atom is 0.253 e. The first-order valence-electron chi connectivity index (χ1n) is 6.49. The van der Waals surface area contributed by atoms with Gasteiger partial charge in [0.1, 0.15) is 5.69 Å². The predicted octanol–water partition coefficient (Wildman–Crippen LogP) is 2.50. The highest BCUT2D eigenvalue weighted by Crippen LogP contribution is 2.28. The molecule has 3 rings (SSSR count). The van der Waals surface area contributed by atoms with Gasteiger partial charge in [0.2, 0.25) is 5.78 Å². The van der Waals surface area contributed by atoms with Crippen LogP contribution in [0.2, 0.25) is 5.02 Å². The Morgan fingerprint density at radius 1 is 1.05 bits per heavy atom. The molecule has 0 aliphatic rings. The summed E-state index contributed by atoms with van der Waals surface area (Å²) in [5.74, 6) is -0.973. The highest BCUT2D eigenvalue weighted by Gasteiger charge is 2.24. The molecule has 3 aromatic rings. The lowest BCUT2D eigenvalue weighted by atomic mass is 10.1. The standard InChI is InChI=1S/C16H12ClN3O2/c17-10-6-4-9(5-7-10)15(21)14-13(18)12(16(19)22)11-3-1-2-8-20(11)14/h1-8H,18H2,(H2,19,22). The molecule has 2 aromatic heterocycles. The number of pyridine rings is 1. The number of nitrogens with zero attached hydrogens (tertiary/aromatic N) is 1. The number of nitrogens with two attached hydrogens (primary N) is 2. The van der Waals surface area contributed by atoms with Gasteiger partial charge in [0, 0.05) is 16.8 Å². The van der Waals surface area contributed by atoms with E-state index in [1.54, 1.807) is 53.1 Å². The molecule has 0 aliphatic heterocycles. The molecule has 0 fully saturated rings. The lowest BCUT2D eigenvalue weighted by Crippen LogP contribution is -2.13. The van der Waals surface area contributed by atoms with Gasteiger partial charge in [0.15, 0.2) is 0 Å². The molecule has 2 heterocycles. The highest BCUT2D eigenvalue weighted by molar-refractivity contribution is 6.30. The molecule has 0 spiro atoms. The molecule has 110 valence electrons. The zero-order chi connectivity index (χ0) is 15.9. The number of benzene rings is 1. The van der Waals surface area contributed by atoms with E-state index >= 15 is 0 Å². The monoisotopic (exact) mass is 313 g/mol. The van der Waals surface area contributed by atoms with E-state index in [0.29, 0.717) is 16.1 Å². The first-order chi connectivity index (χ1) is 10.5. The van der Waals surface area contributed by atoms with Gasteiger partial charge in [-0.1, -0.05) is 17.7 Å². The molecule has 0 bridgehead atoms. The molecule has 0 radical (unpaired) electrons. The molecule has 6 heteroatoms. The number of aromatic nitrogens is 1. The Labute approximate surface area is 131 Å². The quantitative estimate of drug-likeness (QED) is 0.728. The Morgan fingerprint density at radius 2 is 1.73 bits per heavy atom. The van der Waals surface area contributed by atoms with Crippen LogP contribution in [0.4, 0.5) is 5.69 Å². The topological polar surface area (TPSA) is 90.6 Å². The van der Waals surface area contributed by atoms with Crippen molar-refractivity contribution in [2.24, 2.45) is 5.73 Å². The van der Waals surface area contributed by atoms with Crippen LogP contribution < -0.4 is 11.5 Å². The molecule has 4 N–H and O–H groups in total. The number of amides is 1. The van der Waals surface area contributed by atoms with Crippen molar-refractivity contribution in [2.45, 2.75) is 0 Å². The normalized spacial score (nSPS) is 10.8. The average Bonchev–Trinajstić information content (AvgIpc) is 2.79. The Kier molecular flexibility index (Phi) is 3.35. The van der Waals surface area contributed by atoms with Crippen LogP contribution in [0, 0.1) is 0 Å². The number of hydrogen-bond donors (Lipinski definition) is 2. The molecule has 1 aromatic carbocycles. The minimum Gasteiger partial charge on any atom is -0.396 e. The minimum atomic E-state index is -0.670. The molecule has 5 nitrogen and oxygen atoms in total. The fourth-order valence-electron chi connectivity index (χ4n) is 2.46. The number of nitrogen functional groups attached to an aromatic ring is 1. The fourth-order valence-corrected chi connectivity index (χ4v) is 2.58. The zero-order valence-corrected chi connectivity index (χ0v) is 12.2. The maximum atomic E-state index is 12.7. The summed E-state index contributed by atoms with van der Waals surface area (Å²) < 4.78 is 1.58. The fraction of sp³-hybridized carbons (Fsp3) is 0. The molecule has 0 atom stereocenters. The Bertz CT molecular complexity index is 898. The maximum absolute atomic E-state index is 12.7. The number of ketones is 1. The van der Waals surface area contributed by atoms with Crippen molar-refractivity contribution in [2.75, 3.05) is 5.73 Å². The van der Waals surface area contributed by atoms with Crippen molar-refractivity contribution in [3.63, 3.8) is 0 Å². The number of hydrogen-bond acceptors (Lipinski definition) is 3. The smallest absolute Gasteiger partial charge is 0.253 e. The van der Waals surface area contributed by atoms with Crippen LogP contribution in [-0.2, 0) is 0 Å². The Balaban J connectivity index is 2.27. The first kappa shape index (κ1) is 14.2. The second-order valence-corrected chi connectivity index (χ2v) is 5.23. The van der Waals surface area contributed by atoms with E-state index in [-0.39, 0.29) is 22.7 Å². The van der Waals surface area contributed by atoms with E-state index < -0.39 is 5.91 Å². The van der Waals surface area contributed by atoms with Gasteiger partial charge in [0.05, 0.1) is 16.8 Å². The third kappa shape index (κ3) is 2.12. The zero-order valence-electron chi connectivity index (χ0n) is 11.4. The first-order valence-corrected chi connectivity index (χ1v) is 6.87. The van der Waals surface area contributed by atoms with E-state index in [0.717, 1.165) is 0 Å². The summed E-state index contributed by atoms with van der Waals surface area (Å²) in [7, 11) is 0. The average molecular weight is 314 g/mol. The van der Waals surface area contributed by atoms with E-state index in [1.807, 2.05) is 0 Å². The summed E-state index contributed by atoms with van der Waals surface area (Å²) >= 11 is 5.83. The summed E-state index contributed by atoms with van der Waals surface area (Å²) in [6.45, 7) is 0. The number of primary amides is 1. The van der Waals surface area contributed by atoms with Gasteiger partial charge < -0.3 is 15.9 Å². The van der Waals surface area contributed by atoms with E-state index in [1.165, 1.54) is 0 Å². The van der Waals surface area contributed by atoms with Crippen LogP contribution >= 0.6 is 11.6 Å². The van der Waals surface area contributed by atoms with Crippen LogP contribution in [-0.4, -0.2) is 16.1 Å². The predicted molar refractivity (Wildman–Crippen MR) is 85.2 cm³/mol. The minimum absolute atomic E-state index is 0.0821. The molecule has 22 heavy (non-hydrogen) atoms. The van der Waals surface area contributed by atoms with Gasteiger partial charge in [-0.2, -0.15) is 0 Å². The van der Waals surface area contributed by atoms with E-state index in [2.05, 4.69) is 0 Å². The number of halogens is 1. The molecule has 0 unspecified atom stereocenters. The third-order valence-corrected chi connectivity index (χ3v) is 3.70. The van der Waals surface area contributed by atoms with Crippen molar-refractivity contribution in [1.82, 2.24) is 4.40 Å². The van der Waals surface area contributed by atoms with Crippen LogP contribution in [0.15, 0.2) is 48.7 Å². The highest BCUT2D eigenvalue weighted by atomic mass is 35.5. The molecule has 0 saturated heterocycles. The number of fused-ring (bicyclic) bond motifs is 1. The van der Waals surface area contributed by atoms with Crippen molar-refractivity contribution in [1.29, 1.82) is 0 Å². The molecule has 1 amide bonds. The van der Waals surface area contributed by atoms with Crippen LogP contribution in [0.3, 0.4) is 0 Å². The third-order valence-electron chi connectivity index (χ3n) is 3.45. The number of carbonyl (C=O) groups is 2. The van der Waals surface area contributed by atoms with Gasteiger partial charge in [0.25, 0.3) is 5.91 Å². The van der Waals surface area contributed by atoms with Gasteiger partial charge in [-0.05, 0) is 36.4 Å². The molecule has 0 saturated carbocycles. The lowest BCUT2D eigenvalue weighted by Gasteiger charge is -2.04. The summed E-state index contributed by atoms with van der Waals surface area (Å²) in [4.78, 5) is 24.4. The lowest BCUT2D eigenvalue weighted by molar-refractivity contribution is 0.100. The Morgan fingerprint density at radius 3 is 2.36 bits per heavy atom. The second-order valence-electron chi connectivity index (χ2n) is 4.79. The second kappa shape index (κ2) is 5.20. The molecular formula is C16H12ClN3O2. The Hall–Kier alpha value is -2.79. The van der Waals surface area contributed by atoms with Crippen molar-refractivity contribution in [3.05, 3.63) is 70.5 Å². The van der Waals surface area contributed by atoms with Crippen LogP contribution in [0.5, 0.6) is 0 Å². The number of anilines is 1. The summed E-state index contributed by atoms with van der Waals surface area (Å²) in [6, 6.07) is 11.6.